The molecule has 0 aliphatic heterocycles. The minimum absolute atomic E-state index is 0.0915. The molecule has 2 nitrogen and oxygen atoms in total. The Balaban J connectivity index is 4.12. The largest absolute Gasteiger partial charge is 0.377 e. The Hall–Kier alpha value is -0.520. The zero-order chi connectivity index (χ0) is 13.3. The van der Waals surface area contributed by atoms with Gasteiger partial charge in [0.1, 0.15) is 0 Å². The van der Waals surface area contributed by atoms with Crippen LogP contribution in [0.15, 0.2) is 0 Å². The molecule has 0 bridgehead atoms. The van der Waals surface area contributed by atoms with Crippen molar-refractivity contribution in [2.45, 2.75) is 66.5 Å². The lowest BCUT2D eigenvalue weighted by Gasteiger charge is -2.18. The van der Waals surface area contributed by atoms with Gasteiger partial charge in [0, 0.05) is 17.9 Å². The predicted molar refractivity (Wildman–Crippen MR) is 75.0 cm³/mol. The fourth-order valence-electron chi connectivity index (χ4n) is 1.29. The Morgan fingerprint density at radius 2 is 1.88 bits per heavy atom. The number of rotatable bonds is 7. The third-order valence-electron chi connectivity index (χ3n) is 2.13. The van der Waals surface area contributed by atoms with Gasteiger partial charge in [0.05, 0.1) is 12.7 Å². The van der Waals surface area contributed by atoms with E-state index < -0.39 is 0 Å². The Morgan fingerprint density at radius 3 is 2.35 bits per heavy atom. The van der Waals surface area contributed by atoms with Crippen LogP contribution in [0.4, 0.5) is 0 Å². The van der Waals surface area contributed by atoms with Crippen LogP contribution in [0, 0.1) is 17.3 Å². The summed E-state index contributed by atoms with van der Waals surface area (Å²) in [5.41, 5.74) is 0.0915. The van der Waals surface area contributed by atoms with E-state index in [0.717, 1.165) is 26.0 Å². The quantitative estimate of drug-likeness (QED) is 0.689. The highest BCUT2D eigenvalue weighted by atomic mass is 16.5. The minimum Gasteiger partial charge on any atom is -0.377 e. The van der Waals surface area contributed by atoms with Crippen LogP contribution in [-0.2, 0) is 4.74 Å². The van der Waals surface area contributed by atoms with Crippen LogP contribution in [0.5, 0.6) is 0 Å². The summed E-state index contributed by atoms with van der Waals surface area (Å²) in [5.74, 6) is 6.54. The average molecular weight is 239 g/mol. The molecular formula is C15H29NO. The first kappa shape index (κ1) is 16.5. The van der Waals surface area contributed by atoms with Gasteiger partial charge in [-0.15, -0.1) is 5.92 Å². The third kappa shape index (κ3) is 11.7. The van der Waals surface area contributed by atoms with E-state index in [2.05, 4.69) is 58.7 Å². The zero-order valence-corrected chi connectivity index (χ0v) is 12.4. The average Bonchev–Trinajstić information content (AvgIpc) is 2.19. The van der Waals surface area contributed by atoms with Crippen LogP contribution >= 0.6 is 0 Å². The summed E-state index contributed by atoms with van der Waals surface area (Å²) in [6.07, 6.45) is 2.30. The summed E-state index contributed by atoms with van der Waals surface area (Å²) >= 11 is 0. The molecule has 0 spiro atoms. The lowest BCUT2D eigenvalue weighted by Crippen LogP contribution is -2.34. The molecule has 0 fully saturated rings. The van der Waals surface area contributed by atoms with Crippen molar-refractivity contribution in [3.8, 4) is 11.8 Å². The van der Waals surface area contributed by atoms with Crippen molar-refractivity contribution >= 4 is 0 Å². The molecule has 1 atom stereocenters. The Morgan fingerprint density at radius 1 is 1.24 bits per heavy atom. The minimum atomic E-state index is 0.0915. The van der Waals surface area contributed by atoms with Crippen LogP contribution in [0.3, 0.4) is 0 Å². The van der Waals surface area contributed by atoms with E-state index in [-0.39, 0.29) is 11.5 Å². The fraction of sp³-hybridized carbons (Fsp3) is 0.867. The zero-order valence-electron chi connectivity index (χ0n) is 12.4. The maximum Gasteiger partial charge on any atom is 0.0632 e. The standard InChI is InChI=1S/C15H29NO/c1-7-11-16-14(12-17-13(2)3)9-8-10-15(4,5)6/h13-14,16H,7,9,11-12H2,1-6H3. The van der Waals surface area contributed by atoms with Gasteiger partial charge in [0.2, 0.25) is 0 Å². The molecule has 0 saturated heterocycles. The fourth-order valence-corrected chi connectivity index (χ4v) is 1.29. The van der Waals surface area contributed by atoms with Crippen molar-refractivity contribution in [1.82, 2.24) is 5.32 Å². The highest BCUT2D eigenvalue weighted by Gasteiger charge is 2.08. The summed E-state index contributed by atoms with van der Waals surface area (Å²) < 4.78 is 5.65. The molecule has 1 N–H and O–H groups in total. The van der Waals surface area contributed by atoms with E-state index >= 15 is 0 Å². The molecule has 0 amide bonds. The van der Waals surface area contributed by atoms with Crippen molar-refractivity contribution in [3.63, 3.8) is 0 Å². The highest BCUT2D eigenvalue weighted by molar-refractivity contribution is 5.08. The van der Waals surface area contributed by atoms with Gasteiger partial charge < -0.3 is 10.1 Å². The number of ether oxygens (including phenoxy) is 1. The van der Waals surface area contributed by atoms with Crippen LogP contribution < -0.4 is 5.32 Å². The van der Waals surface area contributed by atoms with Gasteiger partial charge in [0.25, 0.3) is 0 Å². The van der Waals surface area contributed by atoms with Gasteiger partial charge in [0.15, 0.2) is 0 Å². The van der Waals surface area contributed by atoms with E-state index in [9.17, 15) is 0 Å². The number of nitrogens with one attached hydrogen (secondary N) is 1. The van der Waals surface area contributed by atoms with Crippen molar-refractivity contribution < 1.29 is 4.74 Å². The Kier molecular flexibility index (Phi) is 8.29. The van der Waals surface area contributed by atoms with Gasteiger partial charge in [-0.05, 0) is 47.6 Å². The molecule has 100 valence electrons. The molecule has 0 aliphatic rings. The molecule has 0 aliphatic carbocycles. The molecule has 17 heavy (non-hydrogen) atoms. The maximum absolute atomic E-state index is 5.65. The van der Waals surface area contributed by atoms with Crippen LogP contribution in [-0.4, -0.2) is 25.3 Å². The summed E-state index contributed by atoms with van der Waals surface area (Å²) in [6.45, 7) is 14.5. The monoisotopic (exact) mass is 239 g/mol. The van der Waals surface area contributed by atoms with E-state index in [4.69, 9.17) is 4.74 Å². The van der Waals surface area contributed by atoms with Crippen molar-refractivity contribution in [1.29, 1.82) is 0 Å². The first-order chi connectivity index (χ1) is 7.85. The smallest absolute Gasteiger partial charge is 0.0632 e. The Bertz CT molecular complexity index is 242. The van der Waals surface area contributed by atoms with Crippen molar-refractivity contribution in [2.24, 2.45) is 5.41 Å². The summed E-state index contributed by atoms with van der Waals surface area (Å²) in [4.78, 5) is 0. The SMILES string of the molecule is CCCNC(CC#CC(C)(C)C)COC(C)C. The van der Waals surface area contributed by atoms with Gasteiger partial charge in [-0.1, -0.05) is 12.8 Å². The predicted octanol–water partition coefficient (Wildman–Crippen LogP) is 3.22. The van der Waals surface area contributed by atoms with Gasteiger partial charge in [-0.25, -0.2) is 0 Å². The second-order valence-electron chi connectivity index (χ2n) is 5.79. The lowest BCUT2D eigenvalue weighted by molar-refractivity contribution is 0.0622. The molecule has 0 aromatic heterocycles. The normalized spacial score (nSPS) is 13.4. The van der Waals surface area contributed by atoms with E-state index in [0.29, 0.717) is 6.04 Å². The Labute approximate surface area is 108 Å². The van der Waals surface area contributed by atoms with Gasteiger partial charge in [-0.2, -0.15) is 0 Å². The molecule has 0 aromatic rings. The molecule has 0 rings (SSSR count). The van der Waals surface area contributed by atoms with Gasteiger partial charge in [-0.3, -0.25) is 0 Å². The van der Waals surface area contributed by atoms with Crippen molar-refractivity contribution in [3.05, 3.63) is 0 Å². The molecule has 0 aromatic carbocycles. The van der Waals surface area contributed by atoms with Gasteiger partial charge >= 0.3 is 0 Å². The molecule has 1 unspecified atom stereocenters. The van der Waals surface area contributed by atoms with Crippen LogP contribution in [0.1, 0.15) is 54.4 Å². The first-order valence-corrected chi connectivity index (χ1v) is 6.70. The van der Waals surface area contributed by atoms with E-state index in [1.54, 1.807) is 0 Å². The summed E-state index contributed by atoms with van der Waals surface area (Å²) in [5, 5.41) is 3.48. The van der Waals surface area contributed by atoms with Crippen LogP contribution in [0.25, 0.3) is 0 Å². The third-order valence-corrected chi connectivity index (χ3v) is 2.13. The second-order valence-corrected chi connectivity index (χ2v) is 5.79. The molecule has 0 heterocycles. The molecule has 0 saturated carbocycles. The first-order valence-electron chi connectivity index (χ1n) is 6.70. The second kappa shape index (κ2) is 8.55. The lowest BCUT2D eigenvalue weighted by atomic mass is 9.97. The topological polar surface area (TPSA) is 21.3 Å². The number of hydrogen-bond acceptors (Lipinski definition) is 2. The van der Waals surface area contributed by atoms with E-state index in [1.807, 2.05) is 0 Å². The number of hydrogen-bond donors (Lipinski definition) is 1. The highest BCUT2D eigenvalue weighted by Crippen LogP contribution is 2.10. The molecular weight excluding hydrogens is 210 g/mol. The summed E-state index contributed by atoms with van der Waals surface area (Å²) in [7, 11) is 0. The molecule has 2 heteroatoms. The maximum atomic E-state index is 5.65. The summed E-state index contributed by atoms with van der Waals surface area (Å²) in [6, 6.07) is 0.354. The molecule has 0 radical (unpaired) electrons. The van der Waals surface area contributed by atoms with E-state index in [1.165, 1.54) is 0 Å². The van der Waals surface area contributed by atoms with Crippen LogP contribution in [0.2, 0.25) is 0 Å². The van der Waals surface area contributed by atoms with Crippen molar-refractivity contribution in [2.75, 3.05) is 13.2 Å².